The van der Waals surface area contributed by atoms with Gasteiger partial charge < -0.3 is 5.11 Å². The Morgan fingerprint density at radius 3 is 1.85 bits per heavy atom. The van der Waals surface area contributed by atoms with E-state index in [-0.39, 0.29) is 5.48 Å². The summed E-state index contributed by atoms with van der Waals surface area (Å²) in [4.78, 5) is 0. The van der Waals surface area contributed by atoms with Crippen LogP contribution in [0.5, 0.6) is 0 Å². The second-order valence-electron chi connectivity index (χ2n) is 5.43. The third-order valence-electron chi connectivity index (χ3n) is 3.54. The Labute approximate surface area is 123 Å². The van der Waals surface area contributed by atoms with Gasteiger partial charge in [0.25, 0.3) is 0 Å². The number of rotatable bonds is 2. The molecule has 0 aromatic heterocycles. The fourth-order valence-corrected chi connectivity index (χ4v) is 3.83. The molecule has 0 saturated heterocycles. The van der Waals surface area contributed by atoms with Crippen molar-refractivity contribution in [1.29, 1.82) is 0 Å². The van der Waals surface area contributed by atoms with Crippen LogP contribution in [-0.4, -0.2) is 5.48 Å². The zero-order chi connectivity index (χ0) is 14.9. The van der Waals surface area contributed by atoms with Crippen LogP contribution in [0.1, 0.15) is 33.4 Å². The standard InChI is InChI=1S/C18H21OP/c1-11-9-14(4)16(15(5)10-11)18(19)20-17-12(2)7-6-8-13(17)3/h6-10,19H,1-5H3/p-1. The molecular weight excluding hydrogens is 263 g/mol. The molecule has 0 atom stereocenters. The summed E-state index contributed by atoms with van der Waals surface area (Å²) >= 11 is 0. The summed E-state index contributed by atoms with van der Waals surface area (Å²) in [6, 6.07) is 10.3. The van der Waals surface area contributed by atoms with Crippen molar-refractivity contribution in [1.82, 2.24) is 0 Å². The average Bonchev–Trinajstić information content (AvgIpc) is 2.32. The molecule has 0 radical (unpaired) electrons. The minimum absolute atomic E-state index is 0.192. The maximum atomic E-state index is 12.7. The van der Waals surface area contributed by atoms with Crippen molar-refractivity contribution in [2.24, 2.45) is 0 Å². The monoisotopic (exact) mass is 283 g/mol. The third-order valence-corrected chi connectivity index (χ3v) is 4.90. The van der Waals surface area contributed by atoms with Crippen molar-refractivity contribution in [2.75, 3.05) is 0 Å². The Morgan fingerprint density at radius 1 is 0.850 bits per heavy atom. The van der Waals surface area contributed by atoms with Crippen LogP contribution in [0.4, 0.5) is 0 Å². The number of benzene rings is 2. The molecule has 0 bridgehead atoms. The minimum atomic E-state index is 0.192. The van der Waals surface area contributed by atoms with E-state index < -0.39 is 0 Å². The molecule has 0 amide bonds. The van der Waals surface area contributed by atoms with Gasteiger partial charge in [-0.15, -0.1) is 5.48 Å². The lowest BCUT2D eigenvalue weighted by atomic mass is 10.0. The molecular formula is C18H20OP-. The lowest BCUT2D eigenvalue weighted by Gasteiger charge is -2.19. The van der Waals surface area contributed by atoms with Crippen LogP contribution in [0, 0.1) is 34.6 Å². The van der Waals surface area contributed by atoms with E-state index >= 15 is 0 Å². The van der Waals surface area contributed by atoms with Gasteiger partial charge >= 0.3 is 0 Å². The normalized spacial score (nSPS) is 11.8. The average molecular weight is 283 g/mol. The van der Waals surface area contributed by atoms with E-state index in [4.69, 9.17) is 0 Å². The van der Waals surface area contributed by atoms with E-state index in [1.54, 1.807) is 0 Å². The third kappa shape index (κ3) is 3.00. The predicted octanol–water partition coefficient (Wildman–Crippen LogP) is 3.34. The molecule has 2 rings (SSSR count). The van der Waals surface area contributed by atoms with Crippen molar-refractivity contribution < 1.29 is 5.11 Å². The van der Waals surface area contributed by atoms with Gasteiger partial charge in [0, 0.05) is 5.30 Å². The summed E-state index contributed by atoms with van der Waals surface area (Å²) in [5.74, 6) is 0. The molecule has 104 valence electrons. The number of hydrogen-bond donors (Lipinski definition) is 0. The molecule has 0 spiro atoms. The van der Waals surface area contributed by atoms with E-state index in [1.807, 2.05) is 19.9 Å². The van der Waals surface area contributed by atoms with E-state index in [0.717, 1.165) is 30.2 Å². The molecule has 1 nitrogen and oxygen atoms in total. The SMILES string of the molecule is Cc1cc(C)c(C([O-])=Pc2c(C)cccc2C)c(C)c1. The van der Waals surface area contributed by atoms with Gasteiger partial charge in [-0.3, -0.25) is 0 Å². The fraction of sp³-hybridized carbons (Fsp3) is 0.278. The largest absolute Gasteiger partial charge is 0.823 e. The second kappa shape index (κ2) is 5.91. The van der Waals surface area contributed by atoms with Crippen molar-refractivity contribution in [3.63, 3.8) is 0 Å². The van der Waals surface area contributed by atoms with E-state index in [9.17, 15) is 5.11 Å². The van der Waals surface area contributed by atoms with Crippen molar-refractivity contribution in [3.05, 3.63) is 63.7 Å². The van der Waals surface area contributed by atoms with E-state index in [2.05, 4.69) is 45.0 Å². The Kier molecular flexibility index (Phi) is 4.42. The molecule has 0 aliphatic carbocycles. The summed E-state index contributed by atoms with van der Waals surface area (Å²) in [5.41, 5.74) is 6.79. The van der Waals surface area contributed by atoms with Crippen LogP contribution in [0.25, 0.3) is 0 Å². The first-order chi connectivity index (χ1) is 9.40. The predicted molar refractivity (Wildman–Crippen MR) is 87.2 cm³/mol. The van der Waals surface area contributed by atoms with Gasteiger partial charge in [0.1, 0.15) is 0 Å². The molecule has 0 heterocycles. The molecule has 2 aromatic rings. The summed E-state index contributed by atoms with van der Waals surface area (Å²) in [7, 11) is 0.775. The van der Waals surface area contributed by atoms with Crippen LogP contribution >= 0.6 is 8.20 Å². The molecule has 0 N–H and O–H groups in total. The van der Waals surface area contributed by atoms with E-state index in [1.165, 1.54) is 16.7 Å². The first kappa shape index (κ1) is 15.0. The van der Waals surface area contributed by atoms with Crippen LogP contribution < -0.4 is 10.4 Å². The minimum Gasteiger partial charge on any atom is -0.823 e. The zero-order valence-electron chi connectivity index (χ0n) is 12.7. The Bertz CT molecular complexity index is 641. The number of aryl methyl sites for hydroxylation is 5. The molecule has 2 aromatic carbocycles. The van der Waals surface area contributed by atoms with E-state index in [0.29, 0.717) is 0 Å². The van der Waals surface area contributed by atoms with Crippen LogP contribution in [0.2, 0.25) is 0 Å². The van der Waals surface area contributed by atoms with Gasteiger partial charge in [-0.1, -0.05) is 44.1 Å². The van der Waals surface area contributed by atoms with Gasteiger partial charge in [-0.05, 0) is 62.4 Å². The summed E-state index contributed by atoms with van der Waals surface area (Å²) < 4.78 is 0. The maximum Gasteiger partial charge on any atom is 0.00666 e. The van der Waals surface area contributed by atoms with Gasteiger partial charge in [0.2, 0.25) is 0 Å². The van der Waals surface area contributed by atoms with Crippen LogP contribution in [0.3, 0.4) is 0 Å². The second-order valence-corrected chi connectivity index (χ2v) is 6.51. The summed E-state index contributed by atoms with van der Waals surface area (Å²) in [6.45, 7) is 10.2. The zero-order valence-corrected chi connectivity index (χ0v) is 13.6. The molecule has 0 saturated carbocycles. The lowest BCUT2D eigenvalue weighted by Crippen LogP contribution is -2.21. The smallest absolute Gasteiger partial charge is 0.00666 e. The highest BCUT2D eigenvalue weighted by atomic mass is 31.1. The lowest BCUT2D eigenvalue weighted by molar-refractivity contribution is -0.207. The molecule has 2 heteroatoms. The first-order valence-corrected chi connectivity index (χ1v) is 7.69. The molecule has 0 unspecified atom stereocenters. The molecule has 20 heavy (non-hydrogen) atoms. The van der Waals surface area contributed by atoms with Crippen LogP contribution in [0.15, 0.2) is 30.3 Å². The summed E-state index contributed by atoms with van der Waals surface area (Å²) in [6.07, 6.45) is 0. The highest BCUT2D eigenvalue weighted by Gasteiger charge is 2.04. The molecule has 0 fully saturated rings. The number of hydrogen-bond acceptors (Lipinski definition) is 1. The molecule has 0 aliphatic rings. The first-order valence-electron chi connectivity index (χ1n) is 6.80. The van der Waals surface area contributed by atoms with Gasteiger partial charge in [-0.2, -0.15) is 0 Å². The van der Waals surface area contributed by atoms with Gasteiger partial charge in [0.15, 0.2) is 0 Å². The fourth-order valence-electron chi connectivity index (χ4n) is 2.66. The Balaban J connectivity index is 2.57. The quantitative estimate of drug-likeness (QED) is 0.775. The highest BCUT2D eigenvalue weighted by molar-refractivity contribution is 7.49. The highest BCUT2D eigenvalue weighted by Crippen LogP contribution is 2.19. The maximum absolute atomic E-state index is 12.7. The van der Waals surface area contributed by atoms with Gasteiger partial charge in [-0.25, -0.2) is 0 Å². The molecule has 0 aliphatic heterocycles. The van der Waals surface area contributed by atoms with Crippen molar-refractivity contribution in [2.45, 2.75) is 34.6 Å². The topological polar surface area (TPSA) is 23.1 Å². The van der Waals surface area contributed by atoms with Gasteiger partial charge in [0.05, 0.1) is 0 Å². The van der Waals surface area contributed by atoms with Crippen LogP contribution in [-0.2, 0) is 0 Å². The van der Waals surface area contributed by atoms with Crippen molar-refractivity contribution in [3.8, 4) is 0 Å². The Morgan fingerprint density at radius 2 is 1.35 bits per heavy atom. The summed E-state index contributed by atoms with van der Waals surface area (Å²) in [5, 5.41) is 13.8. The van der Waals surface area contributed by atoms with Crippen molar-refractivity contribution >= 4 is 19.0 Å². The Hall–Kier alpha value is -1.43.